The first-order valence-corrected chi connectivity index (χ1v) is 8.34. The Morgan fingerprint density at radius 1 is 1.00 bits per heavy atom. The molecule has 6 nitrogen and oxygen atoms in total. The molecule has 142 valence electrons. The van der Waals surface area contributed by atoms with Gasteiger partial charge >= 0.3 is 5.97 Å². The average Bonchev–Trinajstić information content (AvgIpc) is 2.66. The third kappa shape index (κ3) is 6.54. The molecule has 0 unspecified atom stereocenters. The zero-order valence-electron chi connectivity index (χ0n) is 15.2. The van der Waals surface area contributed by atoms with Crippen LogP contribution in [0.5, 0.6) is 0 Å². The van der Waals surface area contributed by atoms with Crippen molar-refractivity contribution in [1.82, 2.24) is 10.2 Å². The van der Waals surface area contributed by atoms with Crippen LogP contribution in [0.1, 0.15) is 28.4 Å². The average molecular weight is 372 g/mol. The van der Waals surface area contributed by atoms with Crippen LogP contribution in [0.15, 0.2) is 48.5 Å². The molecule has 0 radical (unpaired) electrons. The lowest BCUT2D eigenvalue weighted by Gasteiger charge is -2.17. The van der Waals surface area contributed by atoms with Crippen molar-refractivity contribution in [3.63, 3.8) is 0 Å². The number of nitrogens with zero attached hydrogens (tertiary/aromatic N) is 1. The van der Waals surface area contributed by atoms with Crippen LogP contribution in [0.25, 0.3) is 0 Å². The molecule has 2 amide bonds. The van der Waals surface area contributed by atoms with E-state index >= 15 is 0 Å². The second kappa shape index (κ2) is 9.47. The standard InChI is InChI=1S/C20H21FN2O4/c1-14(24)22-11-15-3-7-17(8-4-15)20(26)27-13-19(25)23(2)12-16-5-9-18(21)10-6-16/h3-10H,11-13H2,1-2H3,(H,22,24). The largest absolute Gasteiger partial charge is 0.452 e. The summed E-state index contributed by atoms with van der Waals surface area (Å²) in [5.41, 5.74) is 1.93. The van der Waals surface area contributed by atoms with Crippen LogP contribution in [0, 0.1) is 5.82 Å². The van der Waals surface area contributed by atoms with Crippen LogP contribution in [0.4, 0.5) is 4.39 Å². The Balaban J connectivity index is 1.82. The van der Waals surface area contributed by atoms with Crippen LogP contribution in [-0.4, -0.2) is 36.3 Å². The molecular weight excluding hydrogens is 351 g/mol. The number of nitrogens with one attached hydrogen (secondary N) is 1. The molecule has 0 saturated heterocycles. The summed E-state index contributed by atoms with van der Waals surface area (Å²) in [5, 5.41) is 2.66. The smallest absolute Gasteiger partial charge is 0.338 e. The summed E-state index contributed by atoms with van der Waals surface area (Å²) in [6.07, 6.45) is 0. The van der Waals surface area contributed by atoms with Gasteiger partial charge in [0.2, 0.25) is 5.91 Å². The molecular formula is C20H21FN2O4. The topological polar surface area (TPSA) is 75.7 Å². The van der Waals surface area contributed by atoms with Crippen molar-refractivity contribution >= 4 is 17.8 Å². The van der Waals surface area contributed by atoms with E-state index in [1.165, 1.54) is 24.0 Å². The maximum absolute atomic E-state index is 12.9. The Kier molecular flexibility index (Phi) is 7.05. The third-order valence-corrected chi connectivity index (χ3v) is 3.82. The Bertz CT molecular complexity index is 804. The Labute approximate surface area is 156 Å². The number of amides is 2. The maximum atomic E-state index is 12.9. The van der Waals surface area contributed by atoms with Crippen LogP contribution < -0.4 is 5.32 Å². The fourth-order valence-electron chi connectivity index (χ4n) is 2.26. The van der Waals surface area contributed by atoms with Crippen molar-refractivity contribution in [1.29, 1.82) is 0 Å². The Hall–Kier alpha value is -3.22. The van der Waals surface area contributed by atoms with Crippen molar-refractivity contribution in [2.75, 3.05) is 13.7 Å². The van der Waals surface area contributed by atoms with E-state index in [9.17, 15) is 18.8 Å². The molecule has 0 spiro atoms. The number of halogens is 1. The molecule has 0 fully saturated rings. The van der Waals surface area contributed by atoms with Crippen molar-refractivity contribution in [2.45, 2.75) is 20.0 Å². The summed E-state index contributed by atoms with van der Waals surface area (Å²) in [6, 6.07) is 12.4. The summed E-state index contributed by atoms with van der Waals surface area (Å²) in [6.45, 7) is 1.70. The monoisotopic (exact) mass is 372 g/mol. The lowest BCUT2D eigenvalue weighted by Crippen LogP contribution is -2.30. The third-order valence-electron chi connectivity index (χ3n) is 3.82. The number of ether oxygens (including phenoxy) is 1. The molecule has 0 heterocycles. The number of rotatable bonds is 7. The number of likely N-dealkylation sites (N-methyl/N-ethyl adjacent to an activating group) is 1. The van der Waals surface area contributed by atoms with Gasteiger partial charge in [-0.1, -0.05) is 24.3 Å². The van der Waals surface area contributed by atoms with E-state index in [1.54, 1.807) is 43.4 Å². The van der Waals surface area contributed by atoms with Gasteiger partial charge < -0.3 is 15.0 Å². The van der Waals surface area contributed by atoms with Gasteiger partial charge in [-0.3, -0.25) is 9.59 Å². The number of hydrogen-bond donors (Lipinski definition) is 1. The Morgan fingerprint density at radius 2 is 1.59 bits per heavy atom. The number of hydrogen-bond acceptors (Lipinski definition) is 4. The minimum absolute atomic E-state index is 0.137. The minimum atomic E-state index is -0.607. The van der Waals surface area contributed by atoms with Crippen LogP contribution in [-0.2, 0) is 27.4 Å². The van der Waals surface area contributed by atoms with E-state index in [4.69, 9.17) is 4.74 Å². The molecule has 2 rings (SSSR count). The van der Waals surface area contributed by atoms with Crippen LogP contribution in [0.3, 0.4) is 0 Å². The van der Waals surface area contributed by atoms with E-state index < -0.39 is 5.97 Å². The highest BCUT2D eigenvalue weighted by Crippen LogP contribution is 2.08. The lowest BCUT2D eigenvalue weighted by atomic mass is 10.1. The molecule has 0 saturated carbocycles. The lowest BCUT2D eigenvalue weighted by molar-refractivity contribution is -0.133. The zero-order valence-corrected chi connectivity index (χ0v) is 15.2. The molecule has 0 aliphatic carbocycles. The molecule has 0 aliphatic rings. The van der Waals surface area contributed by atoms with E-state index in [1.807, 2.05) is 0 Å². The number of esters is 1. The van der Waals surface area contributed by atoms with Crippen LogP contribution in [0.2, 0.25) is 0 Å². The second-order valence-corrected chi connectivity index (χ2v) is 6.06. The highest BCUT2D eigenvalue weighted by Gasteiger charge is 2.14. The predicted octanol–water partition coefficient (Wildman–Crippen LogP) is 2.28. The van der Waals surface area contributed by atoms with Crippen molar-refractivity contribution < 1.29 is 23.5 Å². The van der Waals surface area contributed by atoms with Gasteiger partial charge in [-0.05, 0) is 35.4 Å². The van der Waals surface area contributed by atoms with Gasteiger partial charge in [0.05, 0.1) is 5.56 Å². The predicted molar refractivity (Wildman–Crippen MR) is 97.1 cm³/mol. The summed E-state index contributed by atoms with van der Waals surface area (Å²) >= 11 is 0. The molecule has 0 atom stereocenters. The highest BCUT2D eigenvalue weighted by atomic mass is 19.1. The Morgan fingerprint density at radius 3 is 2.19 bits per heavy atom. The van der Waals surface area contributed by atoms with Gasteiger partial charge in [0.15, 0.2) is 6.61 Å². The molecule has 0 aromatic heterocycles. The number of carbonyl (C=O) groups is 3. The first-order chi connectivity index (χ1) is 12.8. The summed E-state index contributed by atoms with van der Waals surface area (Å²) in [5.74, 6) is -1.45. The fraction of sp³-hybridized carbons (Fsp3) is 0.250. The molecule has 7 heteroatoms. The van der Waals surface area contributed by atoms with Gasteiger partial charge in [-0.2, -0.15) is 0 Å². The van der Waals surface area contributed by atoms with Gasteiger partial charge in [0.1, 0.15) is 5.82 Å². The molecule has 2 aromatic rings. The van der Waals surface area contributed by atoms with Gasteiger partial charge in [0, 0.05) is 27.1 Å². The highest BCUT2D eigenvalue weighted by molar-refractivity contribution is 5.91. The van der Waals surface area contributed by atoms with Crippen molar-refractivity contribution in [3.8, 4) is 0 Å². The van der Waals surface area contributed by atoms with E-state index in [0.29, 0.717) is 12.1 Å². The first kappa shape index (κ1) is 20.1. The molecule has 0 bridgehead atoms. The maximum Gasteiger partial charge on any atom is 0.338 e. The minimum Gasteiger partial charge on any atom is -0.452 e. The molecule has 27 heavy (non-hydrogen) atoms. The number of carbonyl (C=O) groups excluding carboxylic acids is 3. The van der Waals surface area contributed by atoms with Gasteiger partial charge in [-0.15, -0.1) is 0 Å². The summed E-state index contributed by atoms with van der Waals surface area (Å²) < 4.78 is 17.9. The summed E-state index contributed by atoms with van der Waals surface area (Å²) in [7, 11) is 1.58. The molecule has 2 aromatic carbocycles. The van der Waals surface area contributed by atoms with Crippen molar-refractivity contribution in [2.24, 2.45) is 0 Å². The van der Waals surface area contributed by atoms with E-state index in [-0.39, 0.29) is 30.8 Å². The van der Waals surface area contributed by atoms with Crippen molar-refractivity contribution in [3.05, 3.63) is 71.0 Å². The second-order valence-electron chi connectivity index (χ2n) is 6.06. The molecule has 1 N–H and O–H groups in total. The van der Waals surface area contributed by atoms with Crippen LogP contribution >= 0.6 is 0 Å². The molecule has 0 aliphatic heterocycles. The normalized spacial score (nSPS) is 10.2. The fourth-order valence-corrected chi connectivity index (χ4v) is 2.26. The quantitative estimate of drug-likeness (QED) is 0.757. The first-order valence-electron chi connectivity index (χ1n) is 8.34. The summed E-state index contributed by atoms with van der Waals surface area (Å²) in [4.78, 5) is 36.4. The van der Waals surface area contributed by atoms with E-state index in [0.717, 1.165) is 11.1 Å². The zero-order chi connectivity index (χ0) is 19.8. The number of benzene rings is 2. The van der Waals surface area contributed by atoms with Gasteiger partial charge in [-0.25, -0.2) is 9.18 Å². The SMILES string of the molecule is CC(=O)NCc1ccc(C(=O)OCC(=O)N(C)Cc2ccc(F)cc2)cc1. The van der Waals surface area contributed by atoms with Gasteiger partial charge in [0.25, 0.3) is 5.91 Å². The van der Waals surface area contributed by atoms with E-state index in [2.05, 4.69) is 5.32 Å².